The van der Waals surface area contributed by atoms with Crippen molar-refractivity contribution in [3.63, 3.8) is 0 Å². The van der Waals surface area contributed by atoms with Gasteiger partial charge >= 0.3 is 6.18 Å². The Morgan fingerprint density at radius 3 is 2.52 bits per heavy atom. The number of halogens is 3. The molecule has 0 unspecified atom stereocenters. The van der Waals surface area contributed by atoms with Crippen LogP contribution in [0.4, 0.5) is 18.9 Å². The van der Waals surface area contributed by atoms with Crippen LogP contribution >= 0.6 is 0 Å². The number of pyridine rings is 1. The van der Waals surface area contributed by atoms with Crippen LogP contribution in [0.15, 0.2) is 12.1 Å². The van der Waals surface area contributed by atoms with E-state index in [1.54, 1.807) is 7.11 Å². The molecule has 0 amide bonds. The second kappa shape index (κ2) is 6.28. The van der Waals surface area contributed by atoms with Crippen LogP contribution in [0.3, 0.4) is 0 Å². The van der Waals surface area contributed by atoms with E-state index in [1.165, 1.54) is 0 Å². The van der Waals surface area contributed by atoms with Gasteiger partial charge in [-0.3, -0.25) is 5.10 Å². The smallest absolute Gasteiger partial charge is 0.391 e. The molecule has 1 saturated heterocycles. The minimum absolute atomic E-state index is 0.0919. The molecule has 3 heterocycles. The predicted octanol–water partition coefficient (Wildman–Crippen LogP) is 4.52. The lowest BCUT2D eigenvalue weighted by molar-refractivity contribution is -0.179. The lowest BCUT2D eigenvalue weighted by Gasteiger charge is -2.35. The van der Waals surface area contributed by atoms with Crippen LogP contribution in [0.5, 0.6) is 5.75 Å². The topological polar surface area (TPSA) is 54.0 Å². The van der Waals surface area contributed by atoms with E-state index in [0.29, 0.717) is 24.5 Å². The van der Waals surface area contributed by atoms with E-state index >= 15 is 0 Å². The molecule has 5 nitrogen and oxygen atoms in total. The number of hydrogen-bond acceptors (Lipinski definition) is 4. The van der Waals surface area contributed by atoms with Gasteiger partial charge in [0.05, 0.1) is 29.6 Å². The van der Waals surface area contributed by atoms with Crippen LogP contribution in [-0.4, -0.2) is 41.6 Å². The number of aromatic nitrogens is 3. The minimum Gasteiger partial charge on any atom is -0.497 e. The number of methoxy groups -OCH3 is 1. The van der Waals surface area contributed by atoms with Gasteiger partial charge in [0.1, 0.15) is 5.75 Å². The Labute approximate surface area is 154 Å². The number of nitrogens with zero attached hydrogens (tertiary/aromatic N) is 3. The number of H-pyrrole nitrogens is 1. The molecule has 0 saturated carbocycles. The first-order valence-electron chi connectivity index (χ1n) is 8.94. The van der Waals surface area contributed by atoms with Gasteiger partial charge in [-0.1, -0.05) is 0 Å². The largest absolute Gasteiger partial charge is 0.497 e. The number of piperidine rings is 1. The van der Waals surface area contributed by atoms with Crippen LogP contribution in [-0.2, 0) is 0 Å². The van der Waals surface area contributed by atoms with Crippen LogP contribution in [0.1, 0.15) is 24.1 Å². The first kappa shape index (κ1) is 17.9. The fraction of sp³-hybridized carbons (Fsp3) is 0.474. The van der Waals surface area contributed by atoms with Gasteiger partial charge in [0.25, 0.3) is 0 Å². The molecule has 0 bridgehead atoms. The first-order chi connectivity index (χ1) is 12.8. The number of anilines is 1. The van der Waals surface area contributed by atoms with E-state index in [0.717, 1.165) is 33.2 Å². The maximum atomic E-state index is 13.1. The van der Waals surface area contributed by atoms with Crippen LogP contribution in [0.2, 0.25) is 0 Å². The number of ether oxygens (including phenoxy) is 1. The number of rotatable bonds is 2. The van der Waals surface area contributed by atoms with Crippen molar-refractivity contribution in [2.45, 2.75) is 32.9 Å². The third-order valence-electron chi connectivity index (χ3n) is 5.42. The molecule has 1 aliphatic rings. The lowest BCUT2D eigenvalue weighted by Crippen LogP contribution is -2.39. The molecule has 1 N–H and O–H groups in total. The summed E-state index contributed by atoms with van der Waals surface area (Å²) in [6.45, 7) is 4.54. The number of aromatic amines is 1. The Kier molecular flexibility index (Phi) is 4.16. The number of benzene rings is 1. The van der Waals surface area contributed by atoms with Crippen molar-refractivity contribution in [1.82, 2.24) is 15.2 Å². The van der Waals surface area contributed by atoms with Crippen LogP contribution < -0.4 is 9.64 Å². The fourth-order valence-corrected chi connectivity index (χ4v) is 3.97. The third kappa shape index (κ3) is 2.96. The number of alkyl halides is 3. The first-order valence-corrected chi connectivity index (χ1v) is 8.94. The van der Waals surface area contributed by atoms with E-state index in [9.17, 15) is 13.2 Å². The zero-order valence-corrected chi connectivity index (χ0v) is 15.4. The van der Waals surface area contributed by atoms with Gasteiger partial charge in [-0.05, 0) is 44.4 Å². The van der Waals surface area contributed by atoms with Gasteiger partial charge in [0.2, 0.25) is 0 Å². The standard InChI is InChI=1S/C19H21F3N4O/c1-10-8-13(27-3)9-14-16(10)23-18-15(11(2)24-25-18)17(14)26-6-4-12(5-7-26)19(20,21)22/h8-9,12H,4-7H2,1-3H3,(H,23,24,25). The summed E-state index contributed by atoms with van der Waals surface area (Å²) in [6.07, 6.45) is -3.95. The summed E-state index contributed by atoms with van der Waals surface area (Å²) in [5.74, 6) is -0.534. The molecule has 2 aromatic heterocycles. The van der Waals surface area contributed by atoms with Gasteiger partial charge < -0.3 is 9.64 Å². The highest BCUT2D eigenvalue weighted by molar-refractivity contribution is 6.09. The van der Waals surface area contributed by atoms with Crippen molar-refractivity contribution in [3.05, 3.63) is 23.4 Å². The molecule has 0 radical (unpaired) electrons. The Hall–Kier alpha value is -2.51. The zero-order chi connectivity index (χ0) is 19.3. The normalized spacial score (nSPS) is 16.4. The van der Waals surface area contributed by atoms with E-state index in [-0.39, 0.29) is 12.8 Å². The Morgan fingerprint density at radius 1 is 1.19 bits per heavy atom. The maximum Gasteiger partial charge on any atom is 0.391 e. The zero-order valence-electron chi connectivity index (χ0n) is 15.4. The van der Waals surface area contributed by atoms with Crippen molar-refractivity contribution in [2.75, 3.05) is 25.1 Å². The maximum absolute atomic E-state index is 13.1. The molecular formula is C19H21F3N4O. The summed E-state index contributed by atoms with van der Waals surface area (Å²) in [5, 5.41) is 8.99. The van der Waals surface area contributed by atoms with Gasteiger partial charge in [-0.25, -0.2) is 4.98 Å². The highest BCUT2D eigenvalue weighted by Gasteiger charge is 2.41. The van der Waals surface area contributed by atoms with Crippen molar-refractivity contribution < 1.29 is 17.9 Å². The molecule has 3 aromatic rings. The summed E-state index contributed by atoms with van der Waals surface area (Å²) in [4.78, 5) is 6.72. The highest BCUT2D eigenvalue weighted by atomic mass is 19.4. The van der Waals surface area contributed by atoms with Crippen LogP contribution in [0, 0.1) is 19.8 Å². The summed E-state index contributed by atoms with van der Waals surface area (Å²) in [6, 6.07) is 3.81. The molecular weight excluding hydrogens is 357 g/mol. The van der Waals surface area contributed by atoms with E-state index in [4.69, 9.17) is 4.74 Å². The molecule has 27 heavy (non-hydrogen) atoms. The number of aryl methyl sites for hydroxylation is 2. The van der Waals surface area contributed by atoms with E-state index in [1.807, 2.05) is 30.9 Å². The average Bonchev–Trinajstić information content (AvgIpc) is 3.00. The summed E-state index contributed by atoms with van der Waals surface area (Å²) in [7, 11) is 1.60. The average molecular weight is 378 g/mol. The molecule has 1 aliphatic heterocycles. The summed E-state index contributed by atoms with van der Waals surface area (Å²) in [5.41, 5.74) is 4.07. The molecule has 0 aliphatic carbocycles. The van der Waals surface area contributed by atoms with Gasteiger partial charge in [0, 0.05) is 24.2 Å². The number of fused-ring (bicyclic) bond motifs is 2. The van der Waals surface area contributed by atoms with Crippen LogP contribution in [0.25, 0.3) is 21.9 Å². The molecule has 8 heteroatoms. The number of nitrogens with one attached hydrogen (secondary N) is 1. The second-order valence-corrected chi connectivity index (χ2v) is 7.15. The molecule has 0 spiro atoms. The summed E-state index contributed by atoms with van der Waals surface area (Å²) < 4.78 is 44.7. The SMILES string of the molecule is COc1cc(C)c2nc3n[nH]c(C)c3c(N3CCC(C(F)(F)F)CC3)c2c1. The summed E-state index contributed by atoms with van der Waals surface area (Å²) >= 11 is 0. The van der Waals surface area contributed by atoms with Crippen molar-refractivity contribution in [1.29, 1.82) is 0 Å². The van der Waals surface area contributed by atoms with Gasteiger partial charge in [-0.15, -0.1) is 0 Å². The Balaban J connectivity index is 1.89. The molecule has 0 atom stereocenters. The van der Waals surface area contributed by atoms with Crippen molar-refractivity contribution >= 4 is 27.6 Å². The monoisotopic (exact) mass is 378 g/mol. The lowest BCUT2D eigenvalue weighted by atomic mass is 9.94. The number of hydrogen-bond donors (Lipinski definition) is 1. The fourth-order valence-electron chi connectivity index (χ4n) is 3.97. The predicted molar refractivity (Wildman–Crippen MR) is 98.4 cm³/mol. The second-order valence-electron chi connectivity index (χ2n) is 7.15. The Bertz CT molecular complexity index is 1000. The van der Waals surface area contributed by atoms with E-state index < -0.39 is 12.1 Å². The molecule has 144 valence electrons. The van der Waals surface area contributed by atoms with Crippen molar-refractivity contribution in [2.24, 2.45) is 5.92 Å². The molecule has 1 aromatic carbocycles. The highest BCUT2D eigenvalue weighted by Crippen LogP contribution is 2.41. The third-order valence-corrected chi connectivity index (χ3v) is 5.42. The van der Waals surface area contributed by atoms with E-state index in [2.05, 4.69) is 15.2 Å². The quantitative estimate of drug-likeness (QED) is 0.713. The Morgan fingerprint density at radius 2 is 1.89 bits per heavy atom. The molecule has 4 rings (SSSR count). The molecule has 1 fully saturated rings. The van der Waals surface area contributed by atoms with Crippen molar-refractivity contribution in [3.8, 4) is 5.75 Å². The minimum atomic E-state index is -4.13. The van der Waals surface area contributed by atoms with Gasteiger partial charge in [0.15, 0.2) is 5.65 Å². The van der Waals surface area contributed by atoms with Gasteiger partial charge in [-0.2, -0.15) is 18.3 Å².